The molecule has 1 aromatic heterocycles. The van der Waals surface area contributed by atoms with Crippen LogP contribution in [0, 0.1) is 10.5 Å². The van der Waals surface area contributed by atoms with Gasteiger partial charge in [-0.25, -0.2) is 0 Å². The van der Waals surface area contributed by atoms with Gasteiger partial charge >= 0.3 is 0 Å². The summed E-state index contributed by atoms with van der Waals surface area (Å²) >= 11 is 2.28. The molecule has 1 aromatic carbocycles. The molecule has 12 heavy (non-hydrogen) atoms. The van der Waals surface area contributed by atoms with Crippen molar-refractivity contribution in [3.63, 3.8) is 0 Å². The van der Waals surface area contributed by atoms with Crippen LogP contribution in [0.1, 0.15) is 5.56 Å². The molecule has 0 aliphatic rings. The molecule has 0 aliphatic heterocycles. The fourth-order valence-electron chi connectivity index (χ4n) is 1.21. The Hall–Kier alpha value is -0.640. The van der Waals surface area contributed by atoms with Gasteiger partial charge in [-0.15, -0.1) is 0 Å². The number of aromatic nitrogens is 1. The second-order valence-corrected chi connectivity index (χ2v) is 3.81. The highest BCUT2D eigenvalue weighted by atomic mass is 127. The molecule has 2 rings (SSSR count). The third-order valence-corrected chi connectivity index (χ3v) is 2.54. The zero-order valence-electron chi connectivity index (χ0n) is 6.42. The first-order valence-electron chi connectivity index (χ1n) is 3.63. The third kappa shape index (κ3) is 1.31. The Labute approximate surface area is 85.0 Å². The van der Waals surface area contributed by atoms with Crippen molar-refractivity contribution in [3.8, 4) is 0 Å². The maximum absolute atomic E-state index is 4.29. The molecule has 1 radical (unpaired) electrons. The molecule has 0 saturated heterocycles. The molecule has 0 amide bonds. The lowest BCUT2D eigenvalue weighted by molar-refractivity contribution is 1.39. The molecular weight excluding hydrogens is 261 g/mol. The van der Waals surface area contributed by atoms with Crippen molar-refractivity contribution in [2.75, 3.05) is 0 Å². The summed E-state index contributed by atoms with van der Waals surface area (Å²) in [6.07, 6.45) is 1.81. The van der Waals surface area contributed by atoms with E-state index in [4.69, 9.17) is 0 Å². The molecule has 59 valence electrons. The van der Waals surface area contributed by atoms with Crippen LogP contribution in [0.2, 0.25) is 0 Å². The average Bonchev–Trinajstić information content (AvgIpc) is 2.04. The van der Waals surface area contributed by atoms with Crippen molar-refractivity contribution in [1.29, 1.82) is 0 Å². The van der Waals surface area contributed by atoms with Crippen molar-refractivity contribution in [3.05, 3.63) is 46.5 Å². The Morgan fingerprint density at radius 1 is 1.33 bits per heavy atom. The number of hydrogen-bond donors (Lipinski definition) is 0. The van der Waals surface area contributed by atoms with Gasteiger partial charge in [0, 0.05) is 15.2 Å². The van der Waals surface area contributed by atoms with Crippen LogP contribution in [0.25, 0.3) is 10.9 Å². The molecule has 2 aromatic rings. The Kier molecular flexibility index (Phi) is 2.00. The van der Waals surface area contributed by atoms with Crippen molar-refractivity contribution < 1.29 is 0 Å². The number of pyridine rings is 1. The van der Waals surface area contributed by atoms with Gasteiger partial charge in [0.1, 0.15) is 0 Å². The van der Waals surface area contributed by atoms with Gasteiger partial charge in [0.05, 0.1) is 5.52 Å². The first-order valence-corrected chi connectivity index (χ1v) is 4.71. The van der Waals surface area contributed by atoms with E-state index in [0.717, 1.165) is 20.0 Å². The van der Waals surface area contributed by atoms with Gasteiger partial charge < -0.3 is 0 Å². The molecule has 0 atom stereocenters. The smallest absolute Gasteiger partial charge is 0.0835 e. The molecule has 1 heterocycles. The minimum absolute atomic E-state index is 1.04. The summed E-state index contributed by atoms with van der Waals surface area (Å²) < 4.78 is 1.16. The monoisotopic (exact) mass is 268 g/mol. The SMILES string of the molecule is [CH2]c1cc(I)c2ncccc2c1. The predicted octanol–water partition coefficient (Wildman–Crippen LogP) is 3.02. The molecule has 0 bridgehead atoms. The molecule has 0 saturated carbocycles. The maximum Gasteiger partial charge on any atom is 0.0835 e. The molecule has 0 N–H and O–H groups in total. The van der Waals surface area contributed by atoms with Crippen LogP contribution in [0.5, 0.6) is 0 Å². The Morgan fingerprint density at radius 3 is 3.00 bits per heavy atom. The van der Waals surface area contributed by atoms with Gasteiger partial charge in [0.25, 0.3) is 0 Å². The van der Waals surface area contributed by atoms with E-state index in [1.54, 1.807) is 0 Å². The van der Waals surface area contributed by atoms with E-state index in [0.29, 0.717) is 0 Å². The van der Waals surface area contributed by atoms with Crippen molar-refractivity contribution in [1.82, 2.24) is 4.98 Å². The fourth-order valence-corrected chi connectivity index (χ4v) is 2.06. The van der Waals surface area contributed by atoms with Gasteiger partial charge in [0.15, 0.2) is 0 Å². The molecule has 0 aliphatic carbocycles. The van der Waals surface area contributed by atoms with Gasteiger partial charge in [-0.05, 0) is 53.3 Å². The van der Waals surface area contributed by atoms with E-state index in [-0.39, 0.29) is 0 Å². The molecule has 2 heteroatoms. The highest BCUT2D eigenvalue weighted by Gasteiger charge is 1.98. The summed E-state index contributed by atoms with van der Waals surface area (Å²) in [4.78, 5) is 4.29. The van der Waals surface area contributed by atoms with Gasteiger partial charge in [-0.3, -0.25) is 4.98 Å². The maximum atomic E-state index is 4.29. The number of halogens is 1. The van der Waals surface area contributed by atoms with Crippen LogP contribution >= 0.6 is 22.6 Å². The summed E-state index contributed by atoms with van der Waals surface area (Å²) in [5.74, 6) is 0. The highest BCUT2D eigenvalue weighted by molar-refractivity contribution is 14.1. The fraction of sp³-hybridized carbons (Fsp3) is 0. The van der Waals surface area contributed by atoms with Crippen LogP contribution in [-0.4, -0.2) is 4.98 Å². The van der Waals surface area contributed by atoms with Crippen LogP contribution in [0.4, 0.5) is 0 Å². The lowest BCUT2D eigenvalue weighted by atomic mass is 10.1. The first-order chi connectivity index (χ1) is 5.77. The van der Waals surface area contributed by atoms with Gasteiger partial charge in [0.2, 0.25) is 0 Å². The number of hydrogen-bond acceptors (Lipinski definition) is 1. The van der Waals surface area contributed by atoms with E-state index in [2.05, 4.69) is 40.6 Å². The Bertz CT molecular complexity index is 423. The second-order valence-electron chi connectivity index (χ2n) is 2.65. The molecule has 1 nitrogen and oxygen atoms in total. The zero-order valence-corrected chi connectivity index (χ0v) is 8.58. The van der Waals surface area contributed by atoms with Gasteiger partial charge in [-0.2, -0.15) is 0 Å². The number of benzene rings is 1. The van der Waals surface area contributed by atoms with Crippen molar-refractivity contribution in [2.24, 2.45) is 0 Å². The van der Waals surface area contributed by atoms with Crippen LogP contribution < -0.4 is 0 Å². The predicted molar refractivity (Wildman–Crippen MR) is 58.9 cm³/mol. The Morgan fingerprint density at radius 2 is 2.17 bits per heavy atom. The third-order valence-electron chi connectivity index (χ3n) is 1.72. The summed E-state index contributed by atoms with van der Waals surface area (Å²) in [5.41, 5.74) is 2.10. The number of nitrogens with zero attached hydrogens (tertiary/aromatic N) is 1. The lowest BCUT2D eigenvalue weighted by Crippen LogP contribution is -1.83. The normalized spacial score (nSPS) is 10.5. The van der Waals surface area contributed by atoms with Gasteiger partial charge in [-0.1, -0.05) is 6.07 Å². The summed E-state index contributed by atoms with van der Waals surface area (Å²) in [7, 11) is 0. The van der Waals surface area contributed by atoms with E-state index in [9.17, 15) is 0 Å². The molecule has 0 fully saturated rings. The summed E-state index contributed by atoms with van der Waals surface area (Å²) in [6, 6.07) is 8.08. The topological polar surface area (TPSA) is 12.9 Å². The first kappa shape index (κ1) is 7.98. The van der Waals surface area contributed by atoms with Crippen LogP contribution in [0.3, 0.4) is 0 Å². The van der Waals surface area contributed by atoms with Crippen molar-refractivity contribution >= 4 is 33.5 Å². The van der Waals surface area contributed by atoms with Crippen LogP contribution in [-0.2, 0) is 0 Å². The van der Waals surface area contributed by atoms with Crippen molar-refractivity contribution in [2.45, 2.75) is 0 Å². The number of rotatable bonds is 0. The minimum Gasteiger partial charge on any atom is -0.255 e. The van der Waals surface area contributed by atoms with E-state index in [1.807, 2.05) is 24.4 Å². The lowest BCUT2D eigenvalue weighted by Gasteiger charge is -2.00. The van der Waals surface area contributed by atoms with E-state index < -0.39 is 0 Å². The summed E-state index contributed by atoms with van der Waals surface area (Å²) in [6.45, 7) is 3.90. The standard InChI is InChI=1S/C10H7IN/c1-7-5-8-3-2-4-12-10(8)9(11)6-7/h2-6H,1H2. The summed E-state index contributed by atoms with van der Waals surface area (Å²) in [5, 5.41) is 1.16. The largest absolute Gasteiger partial charge is 0.255 e. The molecular formula is C10H7IN. The van der Waals surface area contributed by atoms with Crippen LogP contribution in [0.15, 0.2) is 30.5 Å². The average molecular weight is 268 g/mol. The van der Waals surface area contributed by atoms with E-state index in [1.165, 1.54) is 0 Å². The highest BCUT2D eigenvalue weighted by Crippen LogP contribution is 2.19. The molecule has 0 spiro atoms. The minimum atomic E-state index is 1.04. The number of fused-ring (bicyclic) bond motifs is 1. The molecule has 0 unspecified atom stereocenters. The Balaban J connectivity index is 2.89. The quantitative estimate of drug-likeness (QED) is 0.669. The second kappa shape index (κ2) is 3.01. The van der Waals surface area contributed by atoms with E-state index >= 15 is 0 Å². The zero-order chi connectivity index (χ0) is 8.55.